The molecule has 0 amide bonds. The molecule has 0 bridgehead atoms. The predicted octanol–water partition coefficient (Wildman–Crippen LogP) is 0.631. The Labute approximate surface area is 93.5 Å². The fourth-order valence-corrected chi connectivity index (χ4v) is 2.08. The molecule has 0 aromatic carbocycles. The van der Waals surface area contributed by atoms with Gasteiger partial charge in [0.05, 0.1) is 6.61 Å². The van der Waals surface area contributed by atoms with Crippen LogP contribution in [0.15, 0.2) is 12.7 Å². The molecule has 0 heterocycles. The number of hydrogen-bond donors (Lipinski definition) is 2. The Balaban J connectivity index is 4.35. The molecule has 7 heteroatoms. The highest BCUT2D eigenvalue weighted by molar-refractivity contribution is 7.53. The normalized spacial score (nSPS) is 12.9. The molecule has 0 spiro atoms. The summed E-state index contributed by atoms with van der Waals surface area (Å²) in [5.74, 6) is -1.23. The molecule has 0 rings (SSSR count). The zero-order valence-corrected chi connectivity index (χ0v) is 9.85. The average molecular weight is 250 g/mol. The van der Waals surface area contributed by atoms with Crippen LogP contribution in [0.25, 0.3) is 0 Å². The van der Waals surface area contributed by atoms with Crippen LogP contribution in [0.3, 0.4) is 0 Å². The first-order chi connectivity index (χ1) is 7.32. The van der Waals surface area contributed by atoms with Crippen molar-refractivity contribution in [1.29, 1.82) is 0 Å². The molecule has 6 nitrogen and oxygen atoms in total. The van der Waals surface area contributed by atoms with Gasteiger partial charge in [0.1, 0.15) is 11.4 Å². The van der Waals surface area contributed by atoms with Crippen LogP contribution in [0.4, 0.5) is 0 Å². The quantitative estimate of drug-likeness (QED) is 0.390. The minimum atomic E-state index is -4.48. The van der Waals surface area contributed by atoms with Crippen LogP contribution < -0.4 is 0 Å². The highest BCUT2D eigenvalue weighted by atomic mass is 31.2. The van der Waals surface area contributed by atoms with E-state index in [1.54, 1.807) is 0 Å². The first-order valence-corrected chi connectivity index (χ1v) is 6.38. The van der Waals surface area contributed by atoms with Gasteiger partial charge in [-0.25, -0.2) is 4.79 Å². The van der Waals surface area contributed by atoms with E-state index in [0.29, 0.717) is 0 Å². The smallest absolute Gasteiger partial charge is 0.336 e. The number of hydrogen-bond acceptors (Lipinski definition) is 4. The Morgan fingerprint density at radius 3 is 2.44 bits per heavy atom. The summed E-state index contributed by atoms with van der Waals surface area (Å²) in [5.41, 5.74) is -1.39. The van der Waals surface area contributed by atoms with Crippen molar-refractivity contribution in [3.63, 3.8) is 0 Å². The lowest BCUT2D eigenvalue weighted by Gasteiger charge is -2.16. The van der Waals surface area contributed by atoms with E-state index in [4.69, 9.17) is 9.79 Å². The lowest BCUT2D eigenvalue weighted by Crippen LogP contribution is -2.22. The van der Waals surface area contributed by atoms with Crippen LogP contribution in [0, 0.1) is 0 Å². The third-order valence-electron chi connectivity index (χ3n) is 1.93. The third-order valence-corrected chi connectivity index (χ3v) is 3.29. The molecule has 0 aromatic heterocycles. The highest BCUT2D eigenvalue weighted by Gasteiger charge is 2.34. The van der Waals surface area contributed by atoms with Crippen LogP contribution in [-0.2, 0) is 18.9 Å². The Morgan fingerprint density at radius 1 is 1.50 bits per heavy atom. The SMILES string of the molecule is C=CC(=O)OCCC(C(=O)CC)P(=O)(O)O. The second-order valence-corrected chi connectivity index (χ2v) is 4.89. The number of carbonyl (C=O) groups excluding carboxylic acids is 2. The minimum Gasteiger partial charge on any atom is -0.463 e. The van der Waals surface area contributed by atoms with E-state index in [9.17, 15) is 14.2 Å². The fraction of sp³-hybridized carbons (Fsp3) is 0.556. The van der Waals surface area contributed by atoms with Gasteiger partial charge in [-0.05, 0) is 0 Å². The number of Topliss-reactive ketones (excluding diaryl/α,β-unsaturated/α-hetero) is 1. The standard InChI is InChI=1S/C9H15O6P/c1-3-7(10)8(16(12,13)14)5-6-15-9(11)4-2/h4,8H,2-3,5-6H2,1H3,(H2,12,13,14). The van der Waals surface area contributed by atoms with E-state index in [1.807, 2.05) is 0 Å². The Kier molecular flexibility index (Phi) is 6.18. The summed E-state index contributed by atoms with van der Waals surface area (Å²) in [5, 5.41) is 0. The molecular weight excluding hydrogens is 235 g/mol. The maximum absolute atomic E-state index is 11.3. The zero-order chi connectivity index (χ0) is 12.8. The number of esters is 1. The Hall–Kier alpha value is -0.970. The number of ether oxygens (including phenoxy) is 1. The maximum atomic E-state index is 11.3. The molecular formula is C9H15O6P. The van der Waals surface area contributed by atoms with Crippen molar-refractivity contribution in [1.82, 2.24) is 0 Å². The van der Waals surface area contributed by atoms with E-state index < -0.39 is 25.0 Å². The van der Waals surface area contributed by atoms with Gasteiger partial charge in [-0.1, -0.05) is 13.5 Å². The molecule has 0 aliphatic heterocycles. The minimum absolute atomic E-state index is 0.0329. The molecule has 0 fully saturated rings. The van der Waals surface area contributed by atoms with E-state index in [1.165, 1.54) is 6.92 Å². The van der Waals surface area contributed by atoms with Gasteiger partial charge in [-0.2, -0.15) is 0 Å². The van der Waals surface area contributed by atoms with Crippen molar-refractivity contribution < 1.29 is 28.7 Å². The van der Waals surface area contributed by atoms with Crippen LogP contribution in [0.1, 0.15) is 19.8 Å². The Morgan fingerprint density at radius 2 is 2.06 bits per heavy atom. The van der Waals surface area contributed by atoms with Crippen LogP contribution in [-0.4, -0.2) is 33.8 Å². The zero-order valence-electron chi connectivity index (χ0n) is 8.96. The molecule has 0 radical (unpaired) electrons. The van der Waals surface area contributed by atoms with Crippen molar-refractivity contribution in [2.75, 3.05) is 6.61 Å². The van der Waals surface area contributed by atoms with Crippen molar-refractivity contribution in [2.45, 2.75) is 25.4 Å². The third kappa shape index (κ3) is 5.21. The summed E-state index contributed by atoms with van der Waals surface area (Å²) < 4.78 is 15.5. The van der Waals surface area contributed by atoms with E-state index in [-0.39, 0.29) is 19.4 Å². The van der Waals surface area contributed by atoms with Gasteiger partial charge in [-0.15, -0.1) is 0 Å². The molecule has 0 aliphatic rings. The van der Waals surface area contributed by atoms with Crippen molar-refractivity contribution >= 4 is 19.3 Å². The summed E-state index contributed by atoms with van der Waals surface area (Å²) in [6, 6.07) is 0. The molecule has 0 aromatic rings. The first-order valence-electron chi connectivity index (χ1n) is 4.70. The summed E-state index contributed by atoms with van der Waals surface area (Å²) in [7, 11) is -4.48. The van der Waals surface area contributed by atoms with Gasteiger partial charge in [0, 0.05) is 18.9 Å². The van der Waals surface area contributed by atoms with Crippen LogP contribution >= 0.6 is 7.60 Å². The van der Waals surface area contributed by atoms with Gasteiger partial charge in [-0.3, -0.25) is 9.36 Å². The monoisotopic (exact) mass is 250 g/mol. The van der Waals surface area contributed by atoms with Gasteiger partial charge < -0.3 is 14.5 Å². The second kappa shape index (κ2) is 6.58. The molecule has 0 saturated carbocycles. The van der Waals surface area contributed by atoms with Crippen LogP contribution in [0.2, 0.25) is 0 Å². The molecule has 0 aliphatic carbocycles. The lowest BCUT2D eigenvalue weighted by molar-refractivity contribution is -0.138. The maximum Gasteiger partial charge on any atom is 0.336 e. The first kappa shape index (κ1) is 15.0. The van der Waals surface area contributed by atoms with Crippen molar-refractivity contribution in [3.8, 4) is 0 Å². The molecule has 2 N–H and O–H groups in total. The summed E-state index contributed by atoms with van der Waals surface area (Å²) in [6.07, 6.45) is 0.788. The number of rotatable bonds is 7. The predicted molar refractivity (Wildman–Crippen MR) is 56.9 cm³/mol. The van der Waals surface area contributed by atoms with Crippen molar-refractivity contribution in [2.24, 2.45) is 0 Å². The van der Waals surface area contributed by atoms with Gasteiger partial charge in [0.25, 0.3) is 0 Å². The molecule has 1 unspecified atom stereocenters. The highest BCUT2D eigenvalue weighted by Crippen LogP contribution is 2.43. The van der Waals surface area contributed by atoms with Gasteiger partial charge >= 0.3 is 13.6 Å². The summed E-state index contributed by atoms with van der Waals surface area (Å²) in [6.45, 7) is 4.46. The fourth-order valence-electron chi connectivity index (χ4n) is 1.08. The van der Waals surface area contributed by atoms with Crippen LogP contribution in [0.5, 0.6) is 0 Å². The van der Waals surface area contributed by atoms with E-state index in [0.717, 1.165) is 6.08 Å². The lowest BCUT2D eigenvalue weighted by atomic mass is 10.2. The number of carbonyl (C=O) groups is 2. The molecule has 1 atom stereocenters. The average Bonchev–Trinajstić information content (AvgIpc) is 2.21. The van der Waals surface area contributed by atoms with Gasteiger partial charge in [0.15, 0.2) is 0 Å². The Bertz CT molecular complexity index is 318. The second-order valence-electron chi connectivity index (χ2n) is 3.09. The van der Waals surface area contributed by atoms with E-state index >= 15 is 0 Å². The molecule has 92 valence electrons. The van der Waals surface area contributed by atoms with Gasteiger partial charge in [0.2, 0.25) is 0 Å². The number of ketones is 1. The summed E-state index contributed by atoms with van der Waals surface area (Å²) in [4.78, 5) is 39.8. The topological polar surface area (TPSA) is 101 Å². The largest absolute Gasteiger partial charge is 0.463 e. The molecule has 0 saturated heterocycles. The molecule has 16 heavy (non-hydrogen) atoms. The summed E-state index contributed by atoms with van der Waals surface area (Å²) >= 11 is 0. The van der Waals surface area contributed by atoms with E-state index in [2.05, 4.69) is 11.3 Å². The van der Waals surface area contributed by atoms with Crippen molar-refractivity contribution in [3.05, 3.63) is 12.7 Å².